The molecule has 39 heavy (non-hydrogen) atoms. The van der Waals surface area contributed by atoms with Crippen molar-refractivity contribution in [3.05, 3.63) is 112 Å². The van der Waals surface area contributed by atoms with E-state index in [4.69, 9.17) is 32.7 Å². The highest BCUT2D eigenvalue weighted by atomic mass is 35.5. The van der Waals surface area contributed by atoms with Gasteiger partial charge in [0.05, 0.1) is 36.6 Å². The highest BCUT2D eigenvalue weighted by molar-refractivity contribution is 7.92. The van der Waals surface area contributed by atoms with Gasteiger partial charge in [-0.15, -0.1) is 0 Å². The van der Waals surface area contributed by atoms with E-state index < -0.39 is 16.3 Å². The van der Waals surface area contributed by atoms with Crippen molar-refractivity contribution < 1.29 is 23.0 Å². The summed E-state index contributed by atoms with van der Waals surface area (Å²) in [5.41, 5.74) is 2.89. The van der Waals surface area contributed by atoms with Crippen molar-refractivity contribution in [2.75, 3.05) is 4.72 Å². The van der Waals surface area contributed by atoms with E-state index in [2.05, 4.69) is 9.71 Å². The maximum absolute atomic E-state index is 12.7. The van der Waals surface area contributed by atoms with Crippen molar-refractivity contribution in [3.8, 4) is 0 Å². The molecule has 8 nitrogen and oxygen atoms in total. The zero-order valence-electron chi connectivity index (χ0n) is 20.9. The summed E-state index contributed by atoms with van der Waals surface area (Å²) in [6, 6.07) is 22.7. The minimum Gasteiger partial charge on any atom is -0.392 e. The maximum atomic E-state index is 12.7. The molecule has 2 N–H and O–H groups in total. The van der Waals surface area contributed by atoms with Crippen LogP contribution in [0.25, 0.3) is 0 Å². The van der Waals surface area contributed by atoms with Gasteiger partial charge >= 0.3 is 0 Å². The molecule has 0 bridgehead atoms. The zero-order chi connectivity index (χ0) is 27.6. The minimum atomic E-state index is -3.72. The van der Waals surface area contributed by atoms with Gasteiger partial charge in [-0.25, -0.2) is 13.4 Å². The summed E-state index contributed by atoms with van der Waals surface area (Å²) in [7, 11) is -3.72. The van der Waals surface area contributed by atoms with E-state index in [9.17, 15) is 13.5 Å². The number of imidazole rings is 1. The topological polar surface area (TPSA) is 103 Å². The maximum Gasteiger partial charge on any atom is 0.261 e. The molecule has 2 heterocycles. The van der Waals surface area contributed by atoms with Gasteiger partial charge in [0, 0.05) is 17.2 Å². The Morgan fingerprint density at radius 2 is 1.62 bits per heavy atom. The lowest BCUT2D eigenvalue weighted by Gasteiger charge is -2.41. The SMILES string of the molecule is C[C@H]1[C@@H](Cn2cnc(Cl)c2Cl)O[C@@H](c2ccc(NS(=O)(=O)c3ccccc3)cc2)O[C@H]1c1ccc(CO)cc1. The molecule has 4 aromatic rings. The number of hydrogen-bond acceptors (Lipinski definition) is 6. The van der Waals surface area contributed by atoms with Gasteiger partial charge in [0.25, 0.3) is 10.0 Å². The lowest BCUT2D eigenvalue weighted by Crippen LogP contribution is -2.39. The summed E-state index contributed by atoms with van der Waals surface area (Å²) < 4.78 is 42.6. The highest BCUT2D eigenvalue weighted by Crippen LogP contribution is 2.42. The number of ether oxygens (including phenoxy) is 2. The first-order valence-corrected chi connectivity index (χ1v) is 14.5. The van der Waals surface area contributed by atoms with Crippen LogP contribution in [0.5, 0.6) is 0 Å². The van der Waals surface area contributed by atoms with Crippen LogP contribution in [0.1, 0.15) is 36.0 Å². The normalized spacial score (nSPS) is 21.5. The van der Waals surface area contributed by atoms with Gasteiger partial charge in [-0.1, -0.05) is 84.7 Å². The third kappa shape index (κ3) is 6.14. The number of hydrogen-bond donors (Lipinski definition) is 2. The molecule has 5 rings (SSSR count). The molecular formula is C28H27Cl2N3O5S. The Balaban J connectivity index is 1.40. The van der Waals surface area contributed by atoms with Crippen LogP contribution in [-0.2, 0) is 32.6 Å². The molecular weight excluding hydrogens is 561 g/mol. The fourth-order valence-electron chi connectivity index (χ4n) is 4.51. The smallest absolute Gasteiger partial charge is 0.261 e. The molecule has 1 aromatic heterocycles. The molecule has 1 saturated heterocycles. The molecule has 11 heteroatoms. The summed E-state index contributed by atoms with van der Waals surface area (Å²) in [6.07, 6.45) is 0.205. The number of aliphatic hydroxyl groups is 1. The number of aliphatic hydroxyl groups excluding tert-OH is 1. The number of nitrogens with one attached hydrogen (secondary N) is 1. The first-order valence-electron chi connectivity index (χ1n) is 12.3. The van der Waals surface area contributed by atoms with Crippen molar-refractivity contribution in [2.45, 2.75) is 43.5 Å². The van der Waals surface area contributed by atoms with E-state index in [-0.39, 0.29) is 34.8 Å². The second kappa shape index (κ2) is 11.7. The van der Waals surface area contributed by atoms with Crippen molar-refractivity contribution in [1.29, 1.82) is 0 Å². The monoisotopic (exact) mass is 587 g/mol. The van der Waals surface area contributed by atoms with Gasteiger partial charge in [-0.2, -0.15) is 0 Å². The van der Waals surface area contributed by atoms with E-state index in [1.165, 1.54) is 12.1 Å². The van der Waals surface area contributed by atoms with E-state index >= 15 is 0 Å². The standard InChI is InChI=1S/C28H27Cl2N3O5S/c1-18-24(15-33-17-31-26(29)27(33)30)37-28(38-25(18)20-9-7-19(16-34)8-10-20)21-11-13-22(14-12-21)32-39(35,36)23-5-3-2-4-6-23/h2-14,17-18,24-25,28,32,34H,15-16H2,1H3/t18-,24+,25+,28+/m0/s1. The van der Waals surface area contributed by atoms with Crippen molar-refractivity contribution >= 4 is 38.9 Å². The summed E-state index contributed by atoms with van der Waals surface area (Å²) >= 11 is 12.4. The van der Waals surface area contributed by atoms with Crippen LogP contribution in [0, 0.1) is 5.92 Å². The van der Waals surface area contributed by atoms with Crippen LogP contribution in [-0.4, -0.2) is 29.2 Å². The van der Waals surface area contributed by atoms with Crippen LogP contribution in [0.4, 0.5) is 5.69 Å². The number of sulfonamides is 1. The molecule has 1 aliphatic heterocycles. The van der Waals surface area contributed by atoms with E-state index in [1.807, 2.05) is 31.2 Å². The summed E-state index contributed by atoms with van der Waals surface area (Å²) in [5, 5.41) is 10.00. The van der Waals surface area contributed by atoms with Crippen molar-refractivity contribution in [3.63, 3.8) is 0 Å². The number of nitrogens with zero attached hydrogens (tertiary/aromatic N) is 2. The third-order valence-corrected chi connectivity index (χ3v) is 8.89. The Labute approximate surface area is 237 Å². The summed E-state index contributed by atoms with van der Waals surface area (Å²) in [5.74, 6) is -0.0737. The largest absolute Gasteiger partial charge is 0.392 e. The Morgan fingerprint density at radius 3 is 2.23 bits per heavy atom. The van der Waals surface area contributed by atoms with Crippen molar-refractivity contribution in [2.24, 2.45) is 5.92 Å². The Kier molecular flexibility index (Phi) is 8.27. The average Bonchev–Trinajstić information content (AvgIpc) is 3.27. The second-order valence-corrected chi connectivity index (χ2v) is 11.7. The first kappa shape index (κ1) is 27.6. The molecule has 0 saturated carbocycles. The number of aromatic nitrogens is 2. The number of rotatable bonds is 8. The van der Waals surface area contributed by atoms with Gasteiger partial charge in [-0.05, 0) is 35.4 Å². The predicted octanol–water partition coefficient (Wildman–Crippen LogP) is 5.97. The van der Waals surface area contributed by atoms with E-state index in [1.54, 1.807) is 53.4 Å². The number of benzene rings is 3. The highest BCUT2D eigenvalue weighted by Gasteiger charge is 2.39. The molecule has 0 aliphatic carbocycles. The van der Waals surface area contributed by atoms with Crippen LogP contribution < -0.4 is 4.72 Å². The predicted molar refractivity (Wildman–Crippen MR) is 149 cm³/mol. The van der Waals surface area contributed by atoms with Gasteiger partial charge < -0.3 is 19.1 Å². The van der Waals surface area contributed by atoms with E-state index in [0.717, 1.165) is 16.7 Å². The van der Waals surface area contributed by atoms with Crippen LogP contribution in [0.15, 0.2) is 90.1 Å². The fraction of sp³-hybridized carbons (Fsp3) is 0.250. The molecule has 0 amide bonds. The molecule has 1 fully saturated rings. The minimum absolute atomic E-state index is 0.0457. The lowest BCUT2D eigenvalue weighted by molar-refractivity contribution is -0.276. The summed E-state index contributed by atoms with van der Waals surface area (Å²) in [4.78, 5) is 4.25. The van der Waals surface area contributed by atoms with Crippen LogP contribution in [0.3, 0.4) is 0 Å². The Hall–Kier alpha value is -2.92. The third-order valence-electron chi connectivity index (χ3n) is 6.72. The lowest BCUT2D eigenvalue weighted by atomic mass is 9.90. The first-order chi connectivity index (χ1) is 18.7. The van der Waals surface area contributed by atoms with Gasteiger partial charge in [-0.3, -0.25) is 4.72 Å². The van der Waals surface area contributed by atoms with Gasteiger partial charge in [0.2, 0.25) is 0 Å². The number of anilines is 1. The Bertz CT molecular complexity index is 1510. The average molecular weight is 589 g/mol. The van der Waals surface area contributed by atoms with Crippen molar-refractivity contribution in [1.82, 2.24) is 9.55 Å². The van der Waals surface area contributed by atoms with Gasteiger partial charge in [0.15, 0.2) is 11.4 Å². The molecule has 1 aliphatic rings. The summed E-state index contributed by atoms with van der Waals surface area (Å²) in [6.45, 7) is 2.40. The van der Waals surface area contributed by atoms with Crippen LogP contribution in [0.2, 0.25) is 10.3 Å². The molecule has 0 unspecified atom stereocenters. The molecule has 0 radical (unpaired) electrons. The molecule has 4 atom stereocenters. The van der Waals surface area contributed by atoms with Gasteiger partial charge in [0.1, 0.15) is 5.15 Å². The fourth-order valence-corrected chi connectivity index (χ4v) is 5.91. The number of halogens is 2. The molecule has 204 valence electrons. The van der Waals surface area contributed by atoms with Crippen LogP contribution >= 0.6 is 23.2 Å². The molecule has 3 aromatic carbocycles. The van der Waals surface area contributed by atoms with E-state index in [0.29, 0.717) is 17.4 Å². The molecule has 0 spiro atoms. The Morgan fingerprint density at radius 1 is 0.949 bits per heavy atom. The quantitative estimate of drug-likeness (QED) is 0.263. The zero-order valence-corrected chi connectivity index (χ0v) is 23.3. The second-order valence-electron chi connectivity index (χ2n) is 9.34.